The van der Waals surface area contributed by atoms with Crippen molar-refractivity contribution in [2.24, 2.45) is 0 Å². The Balaban J connectivity index is 1.73. The second-order valence-corrected chi connectivity index (χ2v) is 10.2. The van der Waals surface area contributed by atoms with Gasteiger partial charge in [-0.1, -0.05) is 24.8 Å². The third-order valence-corrected chi connectivity index (χ3v) is 8.32. The van der Waals surface area contributed by atoms with E-state index in [1.165, 1.54) is 23.1 Å². The number of rotatable bonds is 7. The first-order valence-electron chi connectivity index (χ1n) is 11.0. The van der Waals surface area contributed by atoms with Crippen LogP contribution in [0.1, 0.15) is 43.0 Å². The van der Waals surface area contributed by atoms with Crippen LogP contribution in [0.25, 0.3) is 15.9 Å². The number of ether oxygens (including phenoxy) is 1. The van der Waals surface area contributed by atoms with Crippen LogP contribution in [0.15, 0.2) is 34.2 Å². The van der Waals surface area contributed by atoms with Gasteiger partial charge in [0, 0.05) is 10.9 Å². The zero-order chi connectivity index (χ0) is 23.6. The largest absolute Gasteiger partial charge is 0.497 e. The van der Waals surface area contributed by atoms with Gasteiger partial charge in [-0.05, 0) is 56.7 Å². The third-order valence-electron chi connectivity index (χ3n) is 6.05. The van der Waals surface area contributed by atoms with E-state index in [1.807, 2.05) is 25.1 Å². The van der Waals surface area contributed by atoms with Gasteiger partial charge in [0.15, 0.2) is 5.16 Å². The lowest BCUT2D eigenvalue weighted by atomic mass is 10.0. The van der Waals surface area contributed by atoms with Crippen LogP contribution in [-0.4, -0.2) is 33.9 Å². The molecular weight excluding hydrogens is 456 g/mol. The molecule has 3 aromatic rings. The van der Waals surface area contributed by atoms with E-state index in [9.17, 15) is 14.9 Å². The van der Waals surface area contributed by atoms with Crippen LogP contribution >= 0.6 is 23.1 Å². The maximum absolute atomic E-state index is 13.7. The Morgan fingerprint density at radius 3 is 2.82 bits per heavy atom. The van der Waals surface area contributed by atoms with Crippen molar-refractivity contribution in [2.45, 2.75) is 56.6 Å². The summed E-state index contributed by atoms with van der Waals surface area (Å²) in [5.74, 6) is 0.462. The maximum Gasteiger partial charge on any atom is 0.267 e. The minimum atomic E-state index is -0.775. The Morgan fingerprint density at radius 2 is 2.15 bits per heavy atom. The molecule has 1 aromatic carbocycles. The number of amides is 1. The van der Waals surface area contributed by atoms with Gasteiger partial charge in [0.05, 0.1) is 30.0 Å². The van der Waals surface area contributed by atoms with Crippen molar-refractivity contribution in [3.8, 4) is 17.5 Å². The maximum atomic E-state index is 13.7. The Hall–Kier alpha value is -2.83. The number of nitrogens with zero attached hydrogens (tertiary/aromatic N) is 3. The number of carbonyl (C=O) groups excluding carboxylic acids is 1. The molecule has 1 aliphatic carbocycles. The molecule has 0 bridgehead atoms. The number of hydrogen-bond acceptors (Lipinski definition) is 7. The van der Waals surface area contributed by atoms with Gasteiger partial charge in [-0.25, -0.2) is 4.98 Å². The number of hydrogen-bond donors (Lipinski definition) is 1. The molecule has 4 rings (SSSR count). The van der Waals surface area contributed by atoms with Crippen molar-refractivity contribution in [1.29, 1.82) is 5.26 Å². The zero-order valence-corrected chi connectivity index (χ0v) is 20.6. The van der Waals surface area contributed by atoms with Crippen LogP contribution in [0, 0.1) is 18.3 Å². The summed E-state index contributed by atoms with van der Waals surface area (Å²) >= 11 is 2.73. The van der Waals surface area contributed by atoms with Crippen molar-refractivity contribution in [2.75, 3.05) is 12.9 Å². The molecule has 7 nitrogen and oxygen atoms in total. The predicted octanol–water partition coefficient (Wildman–Crippen LogP) is 4.37. The average molecular weight is 483 g/mol. The van der Waals surface area contributed by atoms with E-state index in [0.29, 0.717) is 39.7 Å². The number of carbonyl (C=O) groups is 1. The predicted molar refractivity (Wildman–Crippen MR) is 132 cm³/mol. The van der Waals surface area contributed by atoms with Crippen molar-refractivity contribution in [1.82, 2.24) is 14.9 Å². The summed E-state index contributed by atoms with van der Waals surface area (Å²) in [6.07, 6.45) is 4.05. The fraction of sp³-hybridized carbons (Fsp3) is 0.417. The standard InChI is InChI=1S/C24H26N4O3S2/c1-4-18-15(2)20-21(33-18)26-23(28(22(20)30)16-8-7-9-17(12-16)31-3)32-13-19(29)27-24(14-25)10-5-6-11-24/h7-9,12H,4-6,10-11,13H2,1-3H3,(H,27,29). The van der Waals surface area contributed by atoms with E-state index in [-0.39, 0.29) is 17.2 Å². The van der Waals surface area contributed by atoms with Crippen LogP contribution in [0.5, 0.6) is 5.75 Å². The van der Waals surface area contributed by atoms with Gasteiger partial charge in [-0.3, -0.25) is 14.2 Å². The number of aryl methyl sites for hydroxylation is 2. The molecule has 2 heterocycles. The molecule has 1 fully saturated rings. The molecule has 0 spiro atoms. The molecule has 33 heavy (non-hydrogen) atoms. The molecule has 0 unspecified atom stereocenters. The van der Waals surface area contributed by atoms with E-state index in [1.54, 1.807) is 17.7 Å². The summed E-state index contributed by atoms with van der Waals surface area (Å²) in [7, 11) is 1.58. The van der Waals surface area contributed by atoms with Crippen LogP contribution in [-0.2, 0) is 11.2 Å². The van der Waals surface area contributed by atoms with Gasteiger partial charge >= 0.3 is 0 Å². The highest BCUT2D eigenvalue weighted by molar-refractivity contribution is 7.99. The van der Waals surface area contributed by atoms with Gasteiger partial charge < -0.3 is 10.1 Å². The van der Waals surface area contributed by atoms with Crippen LogP contribution < -0.4 is 15.6 Å². The molecule has 9 heteroatoms. The molecule has 0 aliphatic heterocycles. The monoisotopic (exact) mass is 482 g/mol. The van der Waals surface area contributed by atoms with Gasteiger partial charge in [0.2, 0.25) is 5.91 Å². The second-order valence-electron chi connectivity index (χ2n) is 8.16. The Kier molecular flexibility index (Phi) is 6.77. The van der Waals surface area contributed by atoms with Gasteiger partial charge in [-0.2, -0.15) is 5.26 Å². The first kappa shape index (κ1) is 23.3. The van der Waals surface area contributed by atoms with Crippen LogP contribution in [0.4, 0.5) is 0 Å². The molecular formula is C24H26N4O3S2. The summed E-state index contributed by atoms with van der Waals surface area (Å²) in [5, 5.41) is 13.5. The number of methoxy groups -OCH3 is 1. The SMILES string of the molecule is CCc1sc2nc(SCC(=O)NC3(C#N)CCCC3)n(-c3cccc(OC)c3)c(=O)c2c1C. The minimum Gasteiger partial charge on any atom is -0.497 e. The van der Waals surface area contributed by atoms with E-state index in [4.69, 9.17) is 9.72 Å². The van der Waals surface area contributed by atoms with Crippen molar-refractivity contribution in [3.05, 3.63) is 45.1 Å². The smallest absolute Gasteiger partial charge is 0.267 e. The fourth-order valence-corrected chi connectivity index (χ4v) is 6.27. The Bertz CT molecular complexity index is 1300. The first-order valence-corrected chi connectivity index (χ1v) is 12.8. The number of aromatic nitrogens is 2. The number of fused-ring (bicyclic) bond motifs is 1. The molecule has 1 saturated carbocycles. The number of benzene rings is 1. The lowest BCUT2D eigenvalue weighted by Gasteiger charge is -2.22. The summed E-state index contributed by atoms with van der Waals surface area (Å²) < 4.78 is 6.90. The summed E-state index contributed by atoms with van der Waals surface area (Å²) in [6.45, 7) is 4.02. The highest BCUT2D eigenvalue weighted by Gasteiger charge is 2.35. The van der Waals surface area contributed by atoms with Crippen molar-refractivity contribution in [3.63, 3.8) is 0 Å². The average Bonchev–Trinajstić information content (AvgIpc) is 3.42. The summed E-state index contributed by atoms with van der Waals surface area (Å²) in [6, 6.07) is 9.52. The number of thiophene rings is 1. The van der Waals surface area contributed by atoms with E-state index < -0.39 is 5.54 Å². The number of nitrogens with one attached hydrogen (secondary N) is 1. The van der Waals surface area contributed by atoms with Gasteiger partial charge in [0.25, 0.3) is 5.56 Å². The Labute approximate surface area is 200 Å². The topological polar surface area (TPSA) is 97.0 Å². The lowest BCUT2D eigenvalue weighted by molar-refractivity contribution is -0.119. The molecule has 0 saturated heterocycles. The quantitative estimate of drug-likeness (QED) is 0.397. The molecule has 2 aromatic heterocycles. The highest BCUT2D eigenvalue weighted by atomic mass is 32.2. The Morgan fingerprint density at radius 1 is 1.39 bits per heavy atom. The van der Waals surface area contributed by atoms with Gasteiger partial charge in [-0.15, -0.1) is 11.3 Å². The van der Waals surface area contributed by atoms with Crippen LogP contribution in [0.3, 0.4) is 0 Å². The molecule has 0 radical (unpaired) electrons. The fourth-order valence-electron chi connectivity index (χ4n) is 4.30. The molecule has 1 N–H and O–H groups in total. The van der Waals surface area contributed by atoms with Crippen LogP contribution in [0.2, 0.25) is 0 Å². The normalized spacial score (nSPS) is 14.8. The van der Waals surface area contributed by atoms with E-state index in [0.717, 1.165) is 29.7 Å². The second kappa shape index (κ2) is 9.57. The third kappa shape index (κ3) is 4.50. The number of nitriles is 1. The molecule has 1 aliphatic rings. The molecule has 172 valence electrons. The lowest BCUT2D eigenvalue weighted by Crippen LogP contribution is -2.45. The van der Waals surface area contributed by atoms with Gasteiger partial charge in [0.1, 0.15) is 16.1 Å². The van der Waals surface area contributed by atoms with E-state index >= 15 is 0 Å². The zero-order valence-electron chi connectivity index (χ0n) is 18.9. The summed E-state index contributed by atoms with van der Waals surface area (Å²) in [4.78, 5) is 33.0. The minimum absolute atomic E-state index is 0.0658. The molecule has 1 amide bonds. The number of thioether (sulfide) groups is 1. The van der Waals surface area contributed by atoms with Crippen molar-refractivity contribution >= 4 is 39.2 Å². The van der Waals surface area contributed by atoms with E-state index in [2.05, 4.69) is 18.3 Å². The summed E-state index contributed by atoms with van der Waals surface area (Å²) in [5.41, 5.74) is 0.652. The first-order chi connectivity index (χ1) is 15.9. The van der Waals surface area contributed by atoms with Crippen molar-refractivity contribution < 1.29 is 9.53 Å². The molecule has 0 atom stereocenters. The highest BCUT2D eigenvalue weighted by Crippen LogP contribution is 2.32.